The lowest BCUT2D eigenvalue weighted by atomic mass is 9.92. The van der Waals surface area contributed by atoms with Crippen LogP contribution in [0.3, 0.4) is 0 Å². The smallest absolute Gasteiger partial charge is 0.302 e. The standard InChI is InChI=1S/C8H16O2/c1-5-8(3,4)6-10-7(2)9/h5-6H2,1-4H3. The topological polar surface area (TPSA) is 26.3 Å². The van der Waals surface area contributed by atoms with E-state index in [1.54, 1.807) is 0 Å². The van der Waals surface area contributed by atoms with Crippen LogP contribution in [0.5, 0.6) is 0 Å². The number of ether oxygens (including phenoxy) is 1. The Morgan fingerprint density at radius 3 is 2.30 bits per heavy atom. The van der Waals surface area contributed by atoms with Crippen LogP contribution in [0.2, 0.25) is 0 Å². The molecule has 0 saturated carbocycles. The summed E-state index contributed by atoms with van der Waals surface area (Å²) in [5, 5.41) is 0. The fourth-order valence-corrected chi connectivity index (χ4v) is 0.399. The Bertz CT molecular complexity index is 116. The lowest BCUT2D eigenvalue weighted by Crippen LogP contribution is -2.19. The van der Waals surface area contributed by atoms with Gasteiger partial charge in [0.15, 0.2) is 0 Å². The van der Waals surface area contributed by atoms with Crippen LogP contribution in [0.4, 0.5) is 0 Å². The molecule has 0 heterocycles. The molecule has 0 aliphatic rings. The van der Waals surface area contributed by atoms with Crippen molar-refractivity contribution in [2.45, 2.75) is 34.1 Å². The molecule has 0 aromatic carbocycles. The minimum atomic E-state index is -0.193. The molecule has 0 unspecified atom stereocenters. The van der Waals surface area contributed by atoms with Crippen molar-refractivity contribution in [3.05, 3.63) is 0 Å². The second-order valence-corrected chi connectivity index (χ2v) is 3.30. The van der Waals surface area contributed by atoms with E-state index in [1.165, 1.54) is 6.92 Å². The van der Waals surface area contributed by atoms with Gasteiger partial charge in [0.25, 0.3) is 0 Å². The number of hydrogen-bond acceptors (Lipinski definition) is 2. The molecule has 60 valence electrons. The zero-order valence-electron chi connectivity index (χ0n) is 7.23. The van der Waals surface area contributed by atoms with Crippen molar-refractivity contribution in [2.24, 2.45) is 5.41 Å². The van der Waals surface area contributed by atoms with E-state index in [0.29, 0.717) is 6.61 Å². The highest BCUT2D eigenvalue weighted by Gasteiger charge is 2.15. The van der Waals surface area contributed by atoms with E-state index < -0.39 is 0 Å². The zero-order chi connectivity index (χ0) is 8.20. The molecule has 0 fully saturated rings. The Hall–Kier alpha value is -0.530. The third-order valence-electron chi connectivity index (χ3n) is 1.62. The van der Waals surface area contributed by atoms with E-state index in [2.05, 4.69) is 20.8 Å². The Balaban J connectivity index is 3.56. The first-order valence-electron chi connectivity index (χ1n) is 3.61. The van der Waals surface area contributed by atoms with Crippen LogP contribution in [0.25, 0.3) is 0 Å². The van der Waals surface area contributed by atoms with Crippen molar-refractivity contribution in [1.82, 2.24) is 0 Å². The molecular formula is C8H16O2. The molecular weight excluding hydrogens is 128 g/mol. The summed E-state index contributed by atoms with van der Waals surface area (Å²) in [5.41, 5.74) is 0.131. The molecule has 0 aliphatic carbocycles. The summed E-state index contributed by atoms with van der Waals surface area (Å²) in [5.74, 6) is -0.193. The van der Waals surface area contributed by atoms with Crippen molar-refractivity contribution in [3.8, 4) is 0 Å². The van der Waals surface area contributed by atoms with E-state index in [4.69, 9.17) is 4.74 Å². The molecule has 0 saturated heterocycles. The van der Waals surface area contributed by atoms with Gasteiger partial charge in [-0.05, 0) is 11.8 Å². The van der Waals surface area contributed by atoms with Gasteiger partial charge >= 0.3 is 5.97 Å². The molecule has 2 nitrogen and oxygen atoms in total. The second-order valence-electron chi connectivity index (χ2n) is 3.30. The van der Waals surface area contributed by atoms with Crippen LogP contribution in [0, 0.1) is 5.41 Å². The van der Waals surface area contributed by atoms with Gasteiger partial charge in [0, 0.05) is 6.92 Å². The molecule has 0 spiro atoms. The van der Waals surface area contributed by atoms with Crippen molar-refractivity contribution in [3.63, 3.8) is 0 Å². The maximum absolute atomic E-state index is 10.4. The Labute approximate surface area is 62.6 Å². The third-order valence-corrected chi connectivity index (χ3v) is 1.62. The maximum Gasteiger partial charge on any atom is 0.302 e. The lowest BCUT2D eigenvalue weighted by molar-refractivity contribution is -0.144. The van der Waals surface area contributed by atoms with Crippen LogP contribution < -0.4 is 0 Å². The van der Waals surface area contributed by atoms with Crippen molar-refractivity contribution < 1.29 is 9.53 Å². The number of esters is 1. The van der Waals surface area contributed by atoms with Crippen molar-refractivity contribution in [1.29, 1.82) is 0 Å². The fraction of sp³-hybridized carbons (Fsp3) is 0.875. The van der Waals surface area contributed by atoms with E-state index in [9.17, 15) is 4.79 Å². The van der Waals surface area contributed by atoms with Gasteiger partial charge in [-0.1, -0.05) is 20.8 Å². The minimum Gasteiger partial charge on any atom is -0.465 e. The SMILES string of the molecule is CCC(C)(C)COC(C)=O. The molecule has 0 radical (unpaired) electrons. The summed E-state index contributed by atoms with van der Waals surface area (Å²) in [6.45, 7) is 8.21. The zero-order valence-corrected chi connectivity index (χ0v) is 7.23. The first-order chi connectivity index (χ1) is 4.48. The quantitative estimate of drug-likeness (QED) is 0.566. The van der Waals surface area contributed by atoms with Gasteiger partial charge in [-0.3, -0.25) is 4.79 Å². The molecule has 0 atom stereocenters. The number of carbonyl (C=O) groups excluding carboxylic acids is 1. The summed E-state index contributed by atoms with van der Waals surface area (Å²) in [4.78, 5) is 10.4. The molecule has 2 heteroatoms. The van der Waals surface area contributed by atoms with E-state index in [-0.39, 0.29) is 11.4 Å². The Morgan fingerprint density at radius 1 is 1.50 bits per heavy atom. The molecule has 0 N–H and O–H groups in total. The van der Waals surface area contributed by atoms with Gasteiger partial charge in [-0.15, -0.1) is 0 Å². The molecule has 0 aliphatic heterocycles. The van der Waals surface area contributed by atoms with Crippen LogP contribution in [0.15, 0.2) is 0 Å². The largest absolute Gasteiger partial charge is 0.465 e. The maximum atomic E-state index is 10.4. The van der Waals surface area contributed by atoms with Gasteiger partial charge in [0.1, 0.15) is 0 Å². The van der Waals surface area contributed by atoms with E-state index in [1.807, 2.05) is 0 Å². The summed E-state index contributed by atoms with van der Waals surface area (Å²) >= 11 is 0. The second kappa shape index (κ2) is 3.59. The summed E-state index contributed by atoms with van der Waals surface area (Å²) in [6, 6.07) is 0. The van der Waals surface area contributed by atoms with Gasteiger partial charge in [0.2, 0.25) is 0 Å². The Morgan fingerprint density at radius 2 is 2.00 bits per heavy atom. The summed E-state index contributed by atoms with van der Waals surface area (Å²) < 4.78 is 4.86. The van der Waals surface area contributed by atoms with Gasteiger partial charge in [-0.25, -0.2) is 0 Å². The van der Waals surface area contributed by atoms with E-state index in [0.717, 1.165) is 6.42 Å². The molecule has 0 amide bonds. The first-order valence-corrected chi connectivity index (χ1v) is 3.61. The highest BCUT2D eigenvalue weighted by atomic mass is 16.5. The van der Waals surface area contributed by atoms with Crippen LogP contribution in [-0.2, 0) is 9.53 Å². The lowest BCUT2D eigenvalue weighted by Gasteiger charge is -2.21. The Kier molecular flexibility index (Phi) is 3.40. The van der Waals surface area contributed by atoms with Crippen molar-refractivity contribution >= 4 is 5.97 Å². The monoisotopic (exact) mass is 144 g/mol. The minimum absolute atomic E-state index is 0.131. The van der Waals surface area contributed by atoms with Crippen molar-refractivity contribution in [2.75, 3.05) is 6.61 Å². The molecule has 0 aromatic heterocycles. The first kappa shape index (κ1) is 9.47. The van der Waals surface area contributed by atoms with Crippen LogP contribution in [-0.4, -0.2) is 12.6 Å². The predicted molar refractivity (Wildman–Crippen MR) is 40.7 cm³/mol. The molecule has 10 heavy (non-hydrogen) atoms. The molecule has 0 rings (SSSR count). The predicted octanol–water partition coefficient (Wildman–Crippen LogP) is 1.99. The van der Waals surface area contributed by atoms with Crippen LogP contribution >= 0.6 is 0 Å². The highest BCUT2D eigenvalue weighted by Crippen LogP contribution is 2.19. The third kappa shape index (κ3) is 4.36. The van der Waals surface area contributed by atoms with Gasteiger partial charge in [-0.2, -0.15) is 0 Å². The summed E-state index contributed by atoms with van der Waals surface area (Å²) in [7, 11) is 0. The fourth-order valence-electron chi connectivity index (χ4n) is 0.399. The van der Waals surface area contributed by atoms with Gasteiger partial charge < -0.3 is 4.74 Å². The van der Waals surface area contributed by atoms with E-state index >= 15 is 0 Å². The van der Waals surface area contributed by atoms with Gasteiger partial charge in [0.05, 0.1) is 6.61 Å². The average Bonchev–Trinajstić information content (AvgIpc) is 1.85. The average molecular weight is 144 g/mol. The molecule has 0 aromatic rings. The normalized spacial score (nSPS) is 11.2. The molecule has 0 bridgehead atoms. The number of carbonyl (C=O) groups is 1. The number of rotatable bonds is 3. The number of hydrogen-bond donors (Lipinski definition) is 0. The highest BCUT2D eigenvalue weighted by molar-refractivity contribution is 5.65. The van der Waals surface area contributed by atoms with Crippen LogP contribution in [0.1, 0.15) is 34.1 Å². The summed E-state index contributed by atoms with van der Waals surface area (Å²) in [6.07, 6.45) is 1.03.